The van der Waals surface area contributed by atoms with Crippen molar-refractivity contribution in [2.24, 2.45) is 0 Å². The SMILES string of the molecule is O=C(O)c1ccc(C(=O)Cl)c(Sc2ccccc2)c1. The normalized spacial score (nSPS) is 10.2. The van der Waals surface area contributed by atoms with Crippen molar-refractivity contribution in [1.29, 1.82) is 0 Å². The first-order valence-electron chi connectivity index (χ1n) is 5.38. The molecule has 0 fully saturated rings. The largest absolute Gasteiger partial charge is 0.478 e. The van der Waals surface area contributed by atoms with Gasteiger partial charge in [0.1, 0.15) is 0 Å². The number of carboxylic acid groups (broad SMARTS) is 1. The average Bonchev–Trinajstić information content (AvgIpc) is 2.39. The zero-order chi connectivity index (χ0) is 13.8. The number of halogens is 1. The molecule has 0 unspecified atom stereocenters. The number of carbonyl (C=O) groups excluding carboxylic acids is 1. The van der Waals surface area contributed by atoms with Crippen LogP contribution < -0.4 is 0 Å². The average molecular weight is 293 g/mol. The summed E-state index contributed by atoms with van der Waals surface area (Å²) < 4.78 is 0. The summed E-state index contributed by atoms with van der Waals surface area (Å²) in [4.78, 5) is 23.7. The van der Waals surface area contributed by atoms with Gasteiger partial charge in [0.05, 0.1) is 5.56 Å². The van der Waals surface area contributed by atoms with Gasteiger partial charge >= 0.3 is 5.97 Å². The first-order valence-corrected chi connectivity index (χ1v) is 6.57. The van der Waals surface area contributed by atoms with Gasteiger partial charge in [-0.25, -0.2) is 4.79 Å². The van der Waals surface area contributed by atoms with Crippen molar-refractivity contribution in [1.82, 2.24) is 0 Å². The van der Waals surface area contributed by atoms with Crippen LogP contribution in [0.1, 0.15) is 20.7 Å². The molecule has 0 aliphatic rings. The Morgan fingerprint density at radius 3 is 2.32 bits per heavy atom. The summed E-state index contributed by atoms with van der Waals surface area (Å²) in [6, 6.07) is 13.6. The number of benzene rings is 2. The standard InChI is InChI=1S/C14H9ClO3S/c15-13(16)11-7-6-9(14(17)18)8-12(11)19-10-4-2-1-3-5-10/h1-8H,(H,17,18). The fourth-order valence-corrected chi connectivity index (χ4v) is 2.74. The van der Waals surface area contributed by atoms with Crippen molar-refractivity contribution < 1.29 is 14.7 Å². The van der Waals surface area contributed by atoms with Crippen molar-refractivity contribution >= 4 is 34.6 Å². The molecule has 19 heavy (non-hydrogen) atoms. The summed E-state index contributed by atoms with van der Waals surface area (Å²) >= 11 is 6.81. The number of carboxylic acids is 1. The molecule has 2 rings (SSSR count). The second-order valence-electron chi connectivity index (χ2n) is 3.70. The second kappa shape index (κ2) is 5.91. The van der Waals surface area contributed by atoms with Gasteiger partial charge in [-0.2, -0.15) is 0 Å². The van der Waals surface area contributed by atoms with Crippen LogP contribution in [-0.4, -0.2) is 16.3 Å². The monoisotopic (exact) mass is 292 g/mol. The molecule has 0 bridgehead atoms. The van der Waals surface area contributed by atoms with Crippen molar-refractivity contribution in [2.45, 2.75) is 9.79 Å². The summed E-state index contributed by atoms with van der Waals surface area (Å²) in [5, 5.41) is 8.38. The van der Waals surface area contributed by atoms with Crippen LogP contribution in [0, 0.1) is 0 Å². The molecule has 0 spiro atoms. The molecule has 0 amide bonds. The highest BCUT2D eigenvalue weighted by Gasteiger charge is 2.13. The lowest BCUT2D eigenvalue weighted by Gasteiger charge is -2.07. The van der Waals surface area contributed by atoms with E-state index in [1.807, 2.05) is 30.3 Å². The quantitative estimate of drug-likeness (QED) is 0.868. The third-order valence-corrected chi connectivity index (χ3v) is 3.68. The van der Waals surface area contributed by atoms with Gasteiger partial charge in [0, 0.05) is 15.4 Å². The van der Waals surface area contributed by atoms with Crippen LogP contribution in [0.15, 0.2) is 58.3 Å². The predicted molar refractivity (Wildman–Crippen MR) is 74.1 cm³/mol. The van der Waals surface area contributed by atoms with E-state index in [1.54, 1.807) is 0 Å². The summed E-state index contributed by atoms with van der Waals surface area (Å²) in [5.74, 6) is -1.04. The number of carbonyl (C=O) groups is 2. The first-order chi connectivity index (χ1) is 9.08. The zero-order valence-corrected chi connectivity index (χ0v) is 11.2. The molecule has 96 valence electrons. The Morgan fingerprint density at radius 2 is 1.74 bits per heavy atom. The molecule has 5 heteroatoms. The van der Waals surface area contributed by atoms with E-state index in [2.05, 4.69) is 0 Å². The Hall–Kier alpha value is -1.78. The molecule has 0 radical (unpaired) electrons. The first kappa shape index (κ1) is 13.6. The lowest BCUT2D eigenvalue weighted by atomic mass is 10.1. The van der Waals surface area contributed by atoms with Crippen LogP contribution in [0.2, 0.25) is 0 Å². The number of aromatic carboxylic acids is 1. The summed E-state index contributed by atoms with van der Waals surface area (Å²) in [6.07, 6.45) is 0. The van der Waals surface area contributed by atoms with Crippen molar-refractivity contribution in [3.63, 3.8) is 0 Å². The third kappa shape index (κ3) is 3.36. The zero-order valence-electron chi connectivity index (χ0n) is 9.67. The van der Waals surface area contributed by atoms with Gasteiger partial charge in [-0.3, -0.25) is 4.79 Å². The Balaban J connectivity index is 2.43. The maximum atomic E-state index is 11.3. The van der Waals surface area contributed by atoms with Crippen molar-refractivity contribution in [3.05, 3.63) is 59.7 Å². The van der Waals surface area contributed by atoms with Crippen LogP contribution in [0.25, 0.3) is 0 Å². The lowest BCUT2D eigenvalue weighted by molar-refractivity contribution is 0.0696. The van der Waals surface area contributed by atoms with Crippen molar-refractivity contribution in [3.8, 4) is 0 Å². The van der Waals surface area contributed by atoms with E-state index in [0.717, 1.165) is 4.90 Å². The minimum absolute atomic E-state index is 0.125. The maximum absolute atomic E-state index is 11.3. The fraction of sp³-hybridized carbons (Fsp3) is 0. The highest BCUT2D eigenvalue weighted by molar-refractivity contribution is 7.99. The highest BCUT2D eigenvalue weighted by Crippen LogP contribution is 2.32. The molecule has 0 heterocycles. The van der Waals surface area contributed by atoms with E-state index in [0.29, 0.717) is 10.5 Å². The van der Waals surface area contributed by atoms with Gasteiger partial charge in [0.25, 0.3) is 5.24 Å². The molecule has 2 aromatic carbocycles. The van der Waals surface area contributed by atoms with E-state index in [1.165, 1.54) is 30.0 Å². The summed E-state index contributed by atoms with van der Waals surface area (Å²) in [5.41, 5.74) is 0.431. The molecular formula is C14H9ClO3S. The van der Waals surface area contributed by atoms with Gasteiger partial charge < -0.3 is 5.11 Å². The molecule has 1 N–H and O–H groups in total. The van der Waals surface area contributed by atoms with Gasteiger partial charge in [0.2, 0.25) is 0 Å². The number of hydrogen-bond donors (Lipinski definition) is 1. The molecule has 0 saturated heterocycles. The molecule has 3 nitrogen and oxygen atoms in total. The van der Waals surface area contributed by atoms with E-state index in [4.69, 9.17) is 16.7 Å². The maximum Gasteiger partial charge on any atom is 0.335 e. The second-order valence-corrected chi connectivity index (χ2v) is 5.16. The van der Waals surface area contributed by atoms with E-state index in [9.17, 15) is 9.59 Å². The topological polar surface area (TPSA) is 54.4 Å². The summed E-state index contributed by atoms with van der Waals surface area (Å²) in [7, 11) is 0. The lowest BCUT2D eigenvalue weighted by Crippen LogP contribution is -2.00. The molecule has 0 aromatic heterocycles. The summed E-state index contributed by atoms with van der Waals surface area (Å²) in [6.45, 7) is 0. The number of rotatable bonds is 4. The predicted octanol–water partition coefficient (Wildman–Crippen LogP) is 3.92. The van der Waals surface area contributed by atoms with Crippen LogP contribution in [0.4, 0.5) is 0 Å². The van der Waals surface area contributed by atoms with Crippen LogP contribution in [0.5, 0.6) is 0 Å². The minimum Gasteiger partial charge on any atom is -0.478 e. The number of hydrogen-bond acceptors (Lipinski definition) is 3. The molecular weight excluding hydrogens is 284 g/mol. The Bertz CT molecular complexity index is 626. The fourth-order valence-electron chi connectivity index (χ4n) is 1.52. The highest BCUT2D eigenvalue weighted by atomic mass is 35.5. The van der Waals surface area contributed by atoms with Crippen LogP contribution in [-0.2, 0) is 0 Å². The Morgan fingerprint density at radius 1 is 1.05 bits per heavy atom. The Labute approximate surface area is 119 Å². The molecule has 0 saturated carbocycles. The van der Waals surface area contributed by atoms with E-state index in [-0.39, 0.29) is 5.56 Å². The minimum atomic E-state index is -1.04. The van der Waals surface area contributed by atoms with E-state index >= 15 is 0 Å². The molecule has 0 aliphatic carbocycles. The third-order valence-electron chi connectivity index (χ3n) is 2.41. The molecule has 0 atom stereocenters. The Kier molecular flexibility index (Phi) is 4.24. The van der Waals surface area contributed by atoms with Crippen LogP contribution >= 0.6 is 23.4 Å². The van der Waals surface area contributed by atoms with Gasteiger partial charge in [0.15, 0.2) is 0 Å². The smallest absolute Gasteiger partial charge is 0.335 e. The van der Waals surface area contributed by atoms with Crippen LogP contribution in [0.3, 0.4) is 0 Å². The molecule has 2 aromatic rings. The molecule has 0 aliphatic heterocycles. The van der Waals surface area contributed by atoms with Crippen molar-refractivity contribution in [2.75, 3.05) is 0 Å². The van der Waals surface area contributed by atoms with Gasteiger partial charge in [-0.15, -0.1) is 0 Å². The van der Waals surface area contributed by atoms with Gasteiger partial charge in [-0.1, -0.05) is 30.0 Å². The van der Waals surface area contributed by atoms with Gasteiger partial charge in [-0.05, 0) is 41.9 Å². The van der Waals surface area contributed by atoms with E-state index < -0.39 is 11.2 Å².